The first-order valence-electron chi connectivity index (χ1n) is 16.7. The van der Waals surface area contributed by atoms with Gasteiger partial charge in [0, 0.05) is 18.7 Å². The molecular weight excluding hydrogens is 616 g/mol. The first kappa shape index (κ1) is 38.2. The van der Waals surface area contributed by atoms with E-state index in [0.717, 1.165) is 24.2 Å². The van der Waals surface area contributed by atoms with Crippen molar-refractivity contribution >= 4 is 41.9 Å². The summed E-state index contributed by atoms with van der Waals surface area (Å²) in [5, 5.41) is 8.35. The molecule has 2 fully saturated rings. The van der Waals surface area contributed by atoms with Crippen LogP contribution in [0.4, 0.5) is 4.79 Å². The Morgan fingerprint density at radius 1 is 0.938 bits per heavy atom. The number of amides is 7. The lowest BCUT2D eigenvalue weighted by Crippen LogP contribution is -2.62. The summed E-state index contributed by atoms with van der Waals surface area (Å²) < 4.78 is 0. The van der Waals surface area contributed by atoms with Crippen LogP contribution in [0, 0.1) is 23.7 Å². The number of imide groups is 1. The Balaban J connectivity index is 1.75. The molecule has 5 N–H and O–H groups in total. The fourth-order valence-corrected chi connectivity index (χ4v) is 6.06. The highest BCUT2D eigenvalue weighted by Crippen LogP contribution is 2.31. The Morgan fingerprint density at radius 2 is 1.58 bits per heavy atom. The van der Waals surface area contributed by atoms with Gasteiger partial charge in [0.2, 0.25) is 24.0 Å². The summed E-state index contributed by atoms with van der Waals surface area (Å²) >= 11 is 0. The average molecular weight is 669 g/mol. The van der Waals surface area contributed by atoms with Gasteiger partial charge in [-0.05, 0) is 54.6 Å². The Kier molecular flexibility index (Phi) is 12.5. The minimum atomic E-state index is -1.12. The maximum atomic E-state index is 14.1. The molecule has 1 aromatic rings. The van der Waals surface area contributed by atoms with Crippen molar-refractivity contribution in [3.05, 3.63) is 35.4 Å². The highest BCUT2D eigenvalue weighted by Gasteiger charge is 2.43. The maximum absolute atomic E-state index is 14.1. The van der Waals surface area contributed by atoms with Crippen molar-refractivity contribution in [3.8, 4) is 0 Å². The van der Waals surface area contributed by atoms with Crippen LogP contribution < -0.4 is 21.7 Å². The molecule has 4 unspecified atom stereocenters. The number of aryl methyl sites for hydroxylation is 1. The second-order valence-corrected chi connectivity index (χ2v) is 15.2. The zero-order chi connectivity index (χ0) is 36.0. The molecule has 3 rings (SSSR count). The second-order valence-electron chi connectivity index (χ2n) is 15.2. The summed E-state index contributed by atoms with van der Waals surface area (Å²) in [6.45, 7) is 12.9. The molecule has 0 spiro atoms. The van der Waals surface area contributed by atoms with Gasteiger partial charge in [0.05, 0.1) is 12.1 Å². The lowest BCUT2D eigenvalue weighted by Gasteiger charge is -2.38. The monoisotopic (exact) mass is 668 g/mol. The maximum Gasteiger partial charge on any atom is 0.315 e. The number of likely N-dealkylation sites (tertiary alicyclic amines) is 1. The number of hydrogen-bond donors (Lipinski definition) is 4. The summed E-state index contributed by atoms with van der Waals surface area (Å²) in [4.78, 5) is 93.1. The smallest absolute Gasteiger partial charge is 0.315 e. The third-order valence-corrected chi connectivity index (χ3v) is 9.39. The Bertz CT molecular complexity index is 1390. The van der Waals surface area contributed by atoms with Crippen molar-refractivity contribution < 1.29 is 33.6 Å². The van der Waals surface area contributed by atoms with Gasteiger partial charge in [-0.2, -0.15) is 0 Å². The van der Waals surface area contributed by atoms with Crippen LogP contribution in [-0.4, -0.2) is 88.9 Å². The normalized spacial score (nSPS) is 18.5. The van der Waals surface area contributed by atoms with Gasteiger partial charge in [-0.1, -0.05) is 79.0 Å². The fraction of sp³-hybridized carbons (Fsp3) is 0.629. The molecule has 0 bridgehead atoms. The standard InChI is InChI=1S/C35H52N6O7/c1-21-12-8-9-15-23(21)31(46)40(20-42)19-26(34(2,3)4)38-33(48)39-28(35(5,6)7)32(47)41-17-11-16-25(41)30(45)37-24(27(43)29(36)44)18-22-13-10-14-22/h8-9,12,15,20,22,24-26,28H,10-11,13-14,16-19H2,1-7H3,(H2,36,44)(H,37,45)(H2,38,39,48). The first-order chi connectivity index (χ1) is 22.3. The first-order valence-corrected chi connectivity index (χ1v) is 16.7. The molecule has 264 valence electrons. The van der Waals surface area contributed by atoms with Crippen LogP contribution in [0.2, 0.25) is 0 Å². The third-order valence-electron chi connectivity index (χ3n) is 9.39. The van der Waals surface area contributed by atoms with E-state index in [-0.39, 0.29) is 19.0 Å². The molecule has 1 saturated carbocycles. The zero-order valence-electron chi connectivity index (χ0n) is 29.3. The number of nitrogens with one attached hydrogen (secondary N) is 3. The van der Waals surface area contributed by atoms with Crippen LogP contribution >= 0.6 is 0 Å². The van der Waals surface area contributed by atoms with Gasteiger partial charge in [-0.3, -0.25) is 33.7 Å². The third kappa shape index (κ3) is 9.63. The van der Waals surface area contributed by atoms with E-state index < -0.39 is 70.4 Å². The Morgan fingerprint density at radius 3 is 2.10 bits per heavy atom. The molecule has 1 heterocycles. The van der Waals surface area contributed by atoms with E-state index in [9.17, 15) is 33.6 Å². The number of carbonyl (C=O) groups excluding carboxylic acids is 7. The van der Waals surface area contributed by atoms with Gasteiger partial charge in [0.1, 0.15) is 12.1 Å². The van der Waals surface area contributed by atoms with Gasteiger partial charge in [-0.15, -0.1) is 0 Å². The van der Waals surface area contributed by atoms with Gasteiger partial charge in [-0.25, -0.2) is 4.79 Å². The highest BCUT2D eigenvalue weighted by molar-refractivity contribution is 6.37. The van der Waals surface area contributed by atoms with Crippen LogP contribution in [-0.2, 0) is 24.0 Å². The van der Waals surface area contributed by atoms with Gasteiger partial charge < -0.3 is 26.6 Å². The highest BCUT2D eigenvalue weighted by atomic mass is 16.2. The molecule has 1 saturated heterocycles. The van der Waals surface area contributed by atoms with Crippen LogP contribution in [0.3, 0.4) is 0 Å². The zero-order valence-corrected chi connectivity index (χ0v) is 29.3. The van der Waals surface area contributed by atoms with E-state index in [1.807, 2.05) is 20.8 Å². The van der Waals surface area contributed by atoms with Gasteiger partial charge >= 0.3 is 6.03 Å². The van der Waals surface area contributed by atoms with Crippen molar-refractivity contribution in [1.82, 2.24) is 25.8 Å². The van der Waals surface area contributed by atoms with Crippen molar-refractivity contribution in [2.75, 3.05) is 13.1 Å². The SMILES string of the molecule is Cc1ccccc1C(=O)N(C=O)CC(NC(=O)NC(C(=O)N1CCCC1C(=O)NC(CC1CCC1)C(=O)C(N)=O)C(C)(C)C)C(C)(C)C. The molecule has 13 nitrogen and oxygen atoms in total. The van der Waals surface area contributed by atoms with Crippen LogP contribution in [0.25, 0.3) is 0 Å². The Labute approximate surface area is 283 Å². The number of benzene rings is 1. The average Bonchev–Trinajstić information content (AvgIpc) is 3.47. The van der Waals surface area contributed by atoms with Gasteiger partial charge in [0.15, 0.2) is 0 Å². The molecule has 13 heteroatoms. The number of ketones is 1. The second kappa shape index (κ2) is 15.7. The Hall–Kier alpha value is -4.29. The molecular formula is C35H52N6O7. The minimum Gasteiger partial charge on any atom is -0.363 e. The number of nitrogens with zero attached hydrogens (tertiary/aromatic N) is 2. The lowest BCUT2D eigenvalue weighted by atomic mass is 9.80. The molecule has 7 amide bonds. The predicted molar refractivity (Wildman–Crippen MR) is 179 cm³/mol. The van der Waals surface area contributed by atoms with Crippen LogP contribution in [0.5, 0.6) is 0 Å². The van der Waals surface area contributed by atoms with Crippen LogP contribution in [0.15, 0.2) is 24.3 Å². The fourth-order valence-electron chi connectivity index (χ4n) is 6.06. The van der Waals surface area contributed by atoms with Gasteiger partial charge in [0.25, 0.3) is 11.8 Å². The number of carbonyl (C=O) groups is 7. The predicted octanol–water partition coefficient (Wildman–Crippen LogP) is 2.44. The number of rotatable bonds is 13. The number of hydrogen-bond acceptors (Lipinski definition) is 7. The van der Waals surface area contributed by atoms with Crippen molar-refractivity contribution in [3.63, 3.8) is 0 Å². The van der Waals surface area contributed by atoms with E-state index in [1.54, 1.807) is 52.0 Å². The number of nitrogens with two attached hydrogens (primary N) is 1. The molecule has 0 radical (unpaired) electrons. The molecule has 0 aromatic heterocycles. The molecule has 1 aromatic carbocycles. The number of urea groups is 1. The summed E-state index contributed by atoms with van der Waals surface area (Å²) in [5.74, 6) is -3.27. The van der Waals surface area contributed by atoms with E-state index in [0.29, 0.717) is 36.8 Å². The largest absolute Gasteiger partial charge is 0.363 e. The molecule has 1 aliphatic heterocycles. The molecule has 1 aliphatic carbocycles. The summed E-state index contributed by atoms with van der Waals surface area (Å²) in [7, 11) is 0. The topological polar surface area (TPSA) is 188 Å². The number of Topliss-reactive ketones (excluding diaryl/α,β-unsaturated/α-hetero) is 1. The van der Waals surface area contributed by atoms with E-state index in [2.05, 4.69) is 16.0 Å². The van der Waals surface area contributed by atoms with Crippen molar-refractivity contribution in [1.29, 1.82) is 0 Å². The van der Waals surface area contributed by atoms with Crippen molar-refractivity contribution in [2.45, 2.75) is 111 Å². The quantitative estimate of drug-likeness (QED) is 0.183. The number of primary amides is 1. The molecule has 2 aliphatic rings. The van der Waals surface area contributed by atoms with E-state index >= 15 is 0 Å². The van der Waals surface area contributed by atoms with Crippen molar-refractivity contribution in [2.24, 2.45) is 22.5 Å². The minimum absolute atomic E-state index is 0.109. The van der Waals surface area contributed by atoms with E-state index in [1.165, 1.54) is 4.90 Å². The molecule has 48 heavy (non-hydrogen) atoms. The molecule has 4 atom stereocenters. The van der Waals surface area contributed by atoms with Crippen LogP contribution in [0.1, 0.15) is 96.0 Å². The van der Waals surface area contributed by atoms with E-state index in [4.69, 9.17) is 5.73 Å². The lowest BCUT2D eigenvalue weighted by molar-refractivity contribution is -0.143. The summed E-state index contributed by atoms with van der Waals surface area (Å²) in [5.41, 5.74) is 4.98. The summed E-state index contributed by atoms with van der Waals surface area (Å²) in [6, 6.07) is 2.54. The summed E-state index contributed by atoms with van der Waals surface area (Å²) in [6.07, 6.45) is 4.47.